The highest BCUT2D eigenvalue weighted by molar-refractivity contribution is 6.49. The van der Waals surface area contributed by atoms with E-state index < -0.39 is 5.60 Å². The first-order valence-electron chi connectivity index (χ1n) is 9.37. The number of hydrogen-bond acceptors (Lipinski definition) is 4. The van der Waals surface area contributed by atoms with E-state index in [1.54, 1.807) is 0 Å². The topological polar surface area (TPSA) is 36.9 Å². The molecule has 1 unspecified atom stereocenters. The second kappa shape index (κ2) is 7.69. The molecule has 140 valence electrons. The van der Waals surface area contributed by atoms with Gasteiger partial charge < -0.3 is 18.6 Å². The molecule has 1 rings (SSSR count). The fourth-order valence-corrected chi connectivity index (χ4v) is 3.21. The third-order valence-corrected chi connectivity index (χ3v) is 4.83. The van der Waals surface area contributed by atoms with E-state index in [9.17, 15) is 0 Å². The summed E-state index contributed by atoms with van der Waals surface area (Å²) in [5.41, 5.74) is -0.760. The summed E-state index contributed by atoms with van der Waals surface area (Å²) >= 11 is 0. The summed E-state index contributed by atoms with van der Waals surface area (Å²) in [6.07, 6.45) is 1.01. The maximum Gasteiger partial charge on any atom is 0.463 e. The summed E-state index contributed by atoms with van der Waals surface area (Å²) in [7, 11) is -0.455. The molecule has 1 heterocycles. The second-order valence-electron chi connectivity index (χ2n) is 9.46. The molecule has 0 spiro atoms. The van der Waals surface area contributed by atoms with Gasteiger partial charge in [0, 0.05) is 17.5 Å². The van der Waals surface area contributed by atoms with Gasteiger partial charge in [-0.2, -0.15) is 0 Å². The van der Waals surface area contributed by atoms with E-state index in [0.717, 1.165) is 6.42 Å². The van der Waals surface area contributed by atoms with Crippen molar-refractivity contribution in [2.45, 2.75) is 117 Å². The zero-order chi connectivity index (χ0) is 18.9. The Bertz CT molecular complexity index is 400. The first-order chi connectivity index (χ1) is 10.7. The Morgan fingerprint density at radius 1 is 0.917 bits per heavy atom. The Labute approximate surface area is 150 Å². The van der Waals surface area contributed by atoms with Crippen LogP contribution in [0.1, 0.15) is 82.6 Å². The summed E-state index contributed by atoms with van der Waals surface area (Å²) in [5, 5.41) is -0.213. The molecule has 0 radical (unpaired) electrons. The van der Waals surface area contributed by atoms with Crippen molar-refractivity contribution in [2.24, 2.45) is 0 Å². The van der Waals surface area contributed by atoms with Crippen LogP contribution in [-0.4, -0.2) is 37.6 Å². The first kappa shape index (κ1) is 22.0. The fraction of sp³-hybridized carbons (Fsp3) is 1.00. The molecule has 24 heavy (non-hydrogen) atoms. The maximum atomic E-state index is 6.39. The first-order valence-corrected chi connectivity index (χ1v) is 9.37. The highest BCUT2D eigenvalue weighted by atomic mass is 16.7. The van der Waals surface area contributed by atoms with Crippen molar-refractivity contribution in [2.75, 3.05) is 0 Å². The lowest BCUT2D eigenvalue weighted by Crippen LogP contribution is -2.50. The highest BCUT2D eigenvalue weighted by Gasteiger charge is 2.58. The Hall–Kier alpha value is -0.0301. The largest absolute Gasteiger partial charge is 0.463 e. The lowest BCUT2D eigenvalue weighted by Gasteiger charge is -2.43. The fourth-order valence-electron chi connectivity index (χ4n) is 3.21. The van der Waals surface area contributed by atoms with Crippen LogP contribution < -0.4 is 0 Å². The van der Waals surface area contributed by atoms with Gasteiger partial charge in [0.05, 0.1) is 11.2 Å². The van der Waals surface area contributed by atoms with Gasteiger partial charge in [0.25, 0.3) is 0 Å². The lowest BCUT2D eigenvalue weighted by atomic mass is 9.54. The van der Waals surface area contributed by atoms with E-state index in [1.807, 2.05) is 27.7 Å². The van der Waals surface area contributed by atoms with Crippen LogP contribution >= 0.6 is 0 Å². The standard InChI is InChI=1S/C18H38B2O4/c1-13(2)19-23-17(9,10)18(11,24-19)12-16(7,8)20(21-14(3)4)22-15(5)6/h13-15H,12H2,1-11H3. The van der Waals surface area contributed by atoms with E-state index in [2.05, 4.69) is 48.5 Å². The molecule has 0 saturated carbocycles. The summed E-state index contributed by atoms with van der Waals surface area (Å²) in [4.78, 5) is 0. The summed E-state index contributed by atoms with van der Waals surface area (Å²) < 4.78 is 24.8. The monoisotopic (exact) mass is 340 g/mol. The SMILES string of the molecule is CC(C)OB(OC(C)C)C(C)(C)CC1(C)OB(C(C)C)OC1(C)C. The average Bonchev–Trinajstić information content (AvgIpc) is 2.57. The Morgan fingerprint density at radius 2 is 1.38 bits per heavy atom. The highest BCUT2D eigenvalue weighted by Crippen LogP contribution is 2.50. The Balaban J connectivity index is 3.00. The molecule has 1 aliphatic rings. The van der Waals surface area contributed by atoms with Crippen LogP contribution in [0.15, 0.2) is 0 Å². The third-order valence-electron chi connectivity index (χ3n) is 4.83. The smallest absolute Gasteiger partial charge is 0.409 e. The molecule has 0 aromatic carbocycles. The van der Waals surface area contributed by atoms with Crippen LogP contribution in [0.25, 0.3) is 0 Å². The van der Waals surface area contributed by atoms with Crippen LogP contribution in [0.4, 0.5) is 0 Å². The van der Waals surface area contributed by atoms with Crippen molar-refractivity contribution in [3.8, 4) is 0 Å². The Morgan fingerprint density at radius 3 is 1.71 bits per heavy atom. The van der Waals surface area contributed by atoms with Crippen LogP contribution in [0, 0.1) is 0 Å². The quantitative estimate of drug-likeness (QED) is 0.584. The molecule has 6 heteroatoms. The maximum absolute atomic E-state index is 6.39. The average molecular weight is 340 g/mol. The third kappa shape index (κ3) is 5.23. The minimum Gasteiger partial charge on any atom is -0.409 e. The molecule has 0 amide bonds. The molecule has 0 aliphatic carbocycles. The summed E-state index contributed by atoms with van der Waals surface area (Å²) in [5.74, 6) is 0.323. The zero-order valence-corrected chi connectivity index (χ0v) is 17.7. The van der Waals surface area contributed by atoms with Gasteiger partial charge in [-0.1, -0.05) is 27.7 Å². The van der Waals surface area contributed by atoms with Crippen molar-refractivity contribution in [3.63, 3.8) is 0 Å². The molecule has 1 atom stereocenters. The molecule has 4 nitrogen and oxygen atoms in total. The summed E-state index contributed by atoms with van der Waals surface area (Å²) in [6, 6.07) is 0. The lowest BCUT2D eigenvalue weighted by molar-refractivity contribution is -0.0276. The van der Waals surface area contributed by atoms with Crippen LogP contribution in [0.5, 0.6) is 0 Å². The molecular weight excluding hydrogens is 302 g/mol. The van der Waals surface area contributed by atoms with Gasteiger partial charge in [0.1, 0.15) is 0 Å². The van der Waals surface area contributed by atoms with E-state index in [1.165, 1.54) is 0 Å². The molecular formula is C18H38B2O4. The number of rotatable bonds is 8. The minimum atomic E-state index is -0.398. The van der Waals surface area contributed by atoms with Crippen LogP contribution in [0.2, 0.25) is 11.1 Å². The number of hydrogen-bond donors (Lipinski definition) is 0. The van der Waals surface area contributed by atoms with E-state index in [-0.39, 0.29) is 37.4 Å². The second-order valence-corrected chi connectivity index (χ2v) is 9.46. The van der Waals surface area contributed by atoms with Crippen molar-refractivity contribution in [1.82, 2.24) is 0 Å². The van der Waals surface area contributed by atoms with Crippen molar-refractivity contribution < 1.29 is 18.6 Å². The van der Waals surface area contributed by atoms with Crippen molar-refractivity contribution in [3.05, 3.63) is 0 Å². The molecule has 1 fully saturated rings. The van der Waals surface area contributed by atoms with E-state index in [4.69, 9.17) is 18.6 Å². The van der Waals surface area contributed by atoms with Gasteiger partial charge in [0.2, 0.25) is 0 Å². The predicted octanol–water partition coefficient (Wildman–Crippen LogP) is 4.98. The molecule has 1 saturated heterocycles. The van der Waals surface area contributed by atoms with Gasteiger partial charge in [-0.25, -0.2) is 0 Å². The van der Waals surface area contributed by atoms with Gasteiger partial charge in [0.15, 0.2) is 0 Å². The van der Waals surface area contributed by atoms with Crippen molar-refractivity contribution >= 4 is 14.2 Å². The van der Waals surface area contributed by atoms with E-state index in [0.29, 0.717) is 5.82 Å². The summed E-state index contributed by atoms with van der Waals surface area (Å²) in [6.45, 7) is 23.2. The van der Waals surface area contributed by atoms with Crippen LogP contribution in [-0.2, 0) is 18.6 Å². The molecule has 0 aromatic rings. The molecule has 0 aromatic heterocycles. The van der Waals surface area contributed by atoms with Gasteiger partial charge in [-0.05, 0) is 60.7 Å². The van der Waals surface area contributed by atoms with Gasteiger partial charge in [-0.3, -0.25) is 0 Å². The predicted molar refractivity (Wildman–Crippen MR) is 102 cm³/mol. The molecule has 0 bridgehead atoms. The van der Waals surface area contributed by atoms with Crippen molar-refractivity contribution in [1.29, 1.82) is 0 Å². The molecule has 0 N–H and O–H groups in total. The van der Waals surface area contributed by atoms with E-state index >= 15 is 0 Å². The van der Waals surface area contributed by atoms with Crippen LogP contribution in [0.3, 0.4) is 0 Å². The Kier molecular flexibility index (Phi) is 7.05. The van der Waals surface area contributed by atoms with Gasteiger partial charge >= 0.3 is 14.2 Å². The van der Waals surface area contributed by atoms with Gasteiger partial charge in [-0.15, -0.1) is 0 Å². The minimum absolute atomic E-state index is 0.109. The normalized spacial score (nSPS) is 24.5. The zero-order valence-electron chi connectivity index (χ0n) is 17.7. The molecule has 1 aliphatic heterocycles.